The van der Waals surface area contributed by atoms with Crippen LogP contribution in [0, 0.1) is 11.8 Å². The van der Waals surface area contributed by atoms with Crippen LogP contribution >= 0.6 is 15.6 Å². The number of anilines is 1. The van der Waals surface area contributed by atoms with Crippen LogP contribution in [0.5, 0.6) is 0 Å². The van der Waals surface area contributed by atoms with Gasteiger partial charge in [-0.3, -0.25) is 9.51 Å². The van der Waals surface area contributed by atoms with Crippen LogP contribution in [0.4, 0.5) is 5.82 Å². The first-order valence-electron chi connectivity index (χ1n) is 10.1. The van der Waals surface area contributed by atoms with E-state index in [1.54, 1.807) is 24.5 Å². The molecule has 5 atom stereocenters. The smallest absolute Gasteiger partial charge is 0.387 e. The van der Waals surface area contributed by atoms with E-state index in [-0.39, 0.29) is 11.5 Å². The van der Waals surface area contributed by atoms with Gasteiger partial charge in [-0.05, 0) is 19.1 Å². The van der Waals surface area contributed by atoms with Crippen LogP contribution in [-0.4, -0.2) is 68.8 Å². The van der Waals surface area contributed by atoms with Crippen molar-refractivity contribution in [2.24, 2.45) is 0 Å². The third-order valence-corrected chi connectivity index (χ3v) is 7.43. The van der Waals surface area contributed by atoms with E-state index in [9.17, 15) is 24.2 Å². The van der Waals surface area contributed by atoms with Gasteiger partial charge in [0.05, 0.1) is 17.6 Å². The summed E-state index contributed by atoms with van der Waals surface area (Å²) >= 11 is 0. The molecule has 0 amide bonds. The second-order valence-electron chi connectivity index (χ2n) is 7.93. The largest absolute Gasteiger partial charge is 0.481 e. The first kappa shape index (κ1) is 26.3. The molecule has 17 heteroatoms. The van der Waals surface area contributed by atoms with Crippen molar-refractivity contribution in [1.29, 1.82) is 0 Å². The minimum Gasteiger partial charge on any atom is -0.387 e. The number of hydrogen-bond donors (Lipinski definition) is 6. The molecule has 3 aromatic rings. The highest BCUT2D eigenvalue weighted by Gasteiger charge is 2.54. The summed E-state index contributed by atoms with van der Waals surface area (Å²) in [5, 5.41) is 22.1. The van der Waals surface area contributed by atoms with E-state index in [0.29, 0.717) is 16.5 Å². The highest BCUT2D eigenvalue weighted by Crippen LogP contribution is 2.58. The maximum atomic E-state index is 11.8. The van der Waals surface area contributed by atoms with Crippen molar-refractivity contribution in [1.82, 2.24) is 19.5 Å². The zero-order chi connectivity index (χ0) is 26.3. The monoisotopic (exact) mass is 541 g/mol. The number of nitrogens with zero attached hydrogens (tertiary/aromatic N) is 4. The Hall–Kier alpha value is -2.73. The molecule has 0 bridgehead atoms. The molecule has 4 rings (SSSR count). The van der Waals surface area contributed by atoms with E-state index in [2.05, 4.69) is 35.6 Å². The Bertz CT molecular complexity index is 1430. The van der Waals surface area contributed by atoms with Crippen LogP contribution in [0.1, 0.15) is 24.3 Å². The molecule has 5 unspecified atom stereocenters. The lowest BCUT2D eigenvalue weighted by molar-refractivity contribution is -0.0947. The van der Waals surface area contributed by atoms with Gasteiger partial charge in [0.2, 0.25) is 0 Å². The lowest BCUT2D eigenvalue weighted by Crippen LogP contribution is -2.44. The Balaban J connectivity index is 1.67. The van der Waals surface area contributed by atoms with Gasteiger partial charge in [-0.25, -0.2) is 19.1 Å². The summed E-state index contributed by atoms with van der Waals surface area (Å²) in [6, 6.07) is 3.40. The summed E-state index contributed by atoms with van der Waals surface area (Å²) in [4.78, 5) is 39.1. The molecular formula is C19H21N5O10P2. The SMILES string of the molecule is CC1(O)C(O)C(COP(=O)(O)OP(=O)(O)O)OC1n1cc(C#Cc2ccncc2)c2c(N)ncnc21. The topological polar surface area (TPSA) is 233 Å². The van der Waals surface area contributed by atoms with Crippen molar-refractivity contribution >= 4 is 32.5 Å². The Morgan fingerprint density at radius 2 is 1.92 bits per heavy atom. The molecule has 0 aromatic carbocycles. The highest BCUT2D eigenvalue weighted by atomic mass is 31.3. The number of aliphatic hydroxyl groups excluding tert-OH is 1. The molecule has 1 aliphatic rings. The number of pyridine rings is 1. The van der Waals surface area contributed by atoms with Gasteiger partial charge >= 0.3 is 15.6 Å². The van der Waals surface area contributed by atoms with Crippen LogP contribution in [0.15, 0.2) is 37.1 Å². The van der Waals surface area contributed by atoms with E-state index in [1.165, 1.54) is 24.0 Å². The number of ether oxygens (including phenoxy) is 1. The van der Waals surface area contributed by atoms with Crippen molar-refractivity contribution in [3.63, 3.8) is 0 Å². The Morgan fingerprint density at radius 3 is 2.58 bits per heavy atom. The molecule has 4 heterocycles. The van der Waals surface area contributed by atoms with Gasteiger partial charge in [0.15, 0.2) is 6.23 Å². The number of fused-ring (bicyclic) bond motifs is 1. The number of hydrogen-bond acceptors (Lipinski definition) is 11. The van der Waals surface area contributed by atoms with E-state index in [1.807, 2.05) is 0 Å². The highest BCUT2D eigenvalue weighted by molar-refractivity contribution is 7.60. The summed E-state index contributed by atoms with van der Waals surface area (Å²) < 4.78 is 38.0. The van der Waals surface area contributed by atoms with Gasteiger partial charge in [-0.1, -0.05) is 11.8 Å². The van der Waals surface area contributed by atoms with E-state index < -0.39 is 46.3 Å². The molecule has 1 fully saturated rings. The lowest BCUT2D eigenvalue weighted by atomic mass is 9.96. The third-order valence-electron chi connectivity index (χ3n) is 5.28. The van der Waals surface area contributed by atoms with Crippen molar-refractivity contribution < 1.29 is 47.6 Å². The molecule has 0 aliphatic carbocycles. The maximum absolute atomic E-state index is 11.8. The summed E-state index contributed by atoms with van der Waals surface area (Å²) in [5.41, 5.74) is 5.35. The molecule has 3 aromatic heterocycles. The van der Waals surface area contributed by atoms with Gasteiger partial charge in [0.25, 0.3) is 0 Å². The van der Waals surface area contributed by atoms with Gasteiger partial charge in [-0.15, -0.1) is 0 Å². The van der Waals surface area contributed by atoms with Gasteiger partial charge in [0.1, 0.15) is 35.6 Å². The van der Waals surface area contributed by atoms with Gasteiger partial charge in [-0.2, -0.15) is 4.31 Å². The number of aromatic nitrogens is 4. The van der Waals surface area contributed by atoms with Crippen LogP contribution in [-0.2, 0) is 22.7 Å². The number of aliphatic hydroxyl groups is 2. The maximum Gasteiger partial charge on any atom is 0.481 e. The molecule has 1 aliphatic heterocycles. The number of phosphoric acid groups is 2. The van der Waals surface area contributed by atoms with E-state index in [4.69, 9.17) is 20.3 Å². The summed E-state index contributed by atoms with van der Waals surface area (Å²) in [7, 11) is -10.6. The van der Waals surface area contributed by atoms with E-state index >= 15 is 0 Å². The quantitative estimate of drug-likeness (QED) is 0.179. The number of rotatable bonds is 6. The van der Waals surface area contributed by atoms with Gasteiger partial charge < -0.3 is 39.9 Å². The average Bonchev–Trinajstić information content (AvgIpc) is 3.25. The van der Waals surface area contributed by atoms with Crippen molar-refractivity contribution in [3.8, 4) is 11.8 Å². The molecule has 0 spiro atoms. The molecule has 0 radical (unpaired) electrons. The second kappa shape index (κ2) is 9.62. The molecule has 1 saturated heterocycles. The van der Waals surface area contributed by atoms with Crippen LogP contribution in [0.3, 0.4) is 0 Å². The molecule has 192 valence electrons. The molecular weight excluding hydrogens is 520 g/mol. The van der Waals surface area contributed by atoms with Gasteiger partial charge in [0, 0.05) is 24.2 Å². The predicted molar refractivity (Wildman–Crippen MR) is 122 cm³/mol. The van der Waals surface area contributed by atoms with Crippen molar-refractivity contribution in [3.05, 3.63) is 48.2 Å². The normalized spacial score (nSPS) is 25.9. The molecule has 36 heavy (non-hydrogen) atoms. The zero-order valence-corrected chi connectivity index (χ0v) is 20.2. The zero-order valence-electron chi connectivity index (χ0n) is 18.4. The molecule has 0 saturated carbocycles. The first-order chi connectivity index (χ1) is 16.8. The molecule has 7 N–H and O–H groups in total. The number of phosphoric ester groups is 1. The standard InChI is InChI=1S/C19H21N5O10P2/c1-19(26)15(25)13(9-32-36(30,31)34-35(27,28)29)33-18(19)24-8-12(3-2-11-4-6-21-7-5-11)14-16(20)22-10-23-17(14)24/h4-8,10,13,15,18,25-26H,9H2,1H3,(H,30,31)(H2,20,22,23)(H2,27,28,29). The number of nitrogens with two attached hydrogens (primary N) is 1. The summed E-state index contributed by atoms with van der Waals surface area (Å²) in [6.07, 6.45) is 1.45. The van der Waals surface area contributed by atoms with E-state index in [0.717, 1.165) is 0 Å². The predicted octanol–water partition coefficient (Wildman–Crippen LogP) is 0.0439. The van der Waals surface area contributed by atoms with Crippen LogP contribution < -0.4 is 5.73 Å². The van der Waals surface area contributed by atoms with Crippen LogP contribution in [0.25, 0.3) is 11.0 Å². The van der Waals surface area contributed by atoms with Crippen LogP contribution in [0.2, 0.25) is 0 Å². The Kier molecular flexibility index (Phi) is 7.04. The van der Waals surface area contributed by atoms with Crippen molar-refractivity contribution in [2.75, 3.05) is 12.3 Å². The average molecular weight is 541 g/mol. The molecule has 15 nitrogen and oxygen atoms in total. The summed E-state index contributed by atoms with van der Waals surface area (Å²) in [6.45, 7) is 0.401. The third kappa shape index (κ3) is 5.49. The van der Waals surface area contributed by atoms with Crippen molar-refractivity contribution in [2.45, 2.75) is 31.0 Å². The minimum absolute atomic E-state index is 0.103. The minimum atomic E-state index is -5.35. The fraction of sp³-hybridized carbons (Fsp3) is 0.316. The lowest BCUT2D eigenvalue weighted by Gasteiger charge is -2.27. The Morgan fingerprint density at radius 1 is 1.22 bits per heavy atom. The second-order valence-corrected chi connectivity index (χ2v) is 10.8. The number of nitrogen functional groups attached to an aromatic ring is 1. The summed E-state index contributed by atoms with van der Waals surface area (Å²) in [5.74, 6) is 6.02. The fourth-order valence-electron chi connectivity index (χ4n) is 3.66. The Labute approximate surface area is 203 Å². The fourth-order valence-corrected chi connectivity index (χ4v) is 5.26. The first-order valence-corrected chi connectivity index (χ1v) is 13.1.